The molecule has 0 aliphatic rings. The van der Waals surface area contributed by atoms with Crippen molar-refractivity contribution < 1.29 is 4.79 Å². The molecule has 0 unspecified atom stereocenters. The number of aromatic nitrogens is 5. The fourth-order valence-electron chi connectivity index (χ4n) is 2.56. The standard InChI is InChI=1S/C20H15ClN6OS/c21-16-8-4-5-9-18(16)29-19-11-10-17(24-25-19)20(28)22-12-15-13-23-26-27(15)14-6-2-1-3-7-14/h1-11,13H,12H2,(H,22,28). The van der Waals surface area contributed by atoms with Gasteiger partial charge < -0.3 is 5.32 Å². The van der Waals surface area contributed by atoms with Gasteiger partial charge in [0.05, 0.1) is 29.1 Å². The van der Waals surface area contributed by atoms with Crippen LogP contribution in [0.25, 0.3) is 5.69 Å². The van der Waals surface area contributed by atoms with Crippen LogP contribution in [-0.2, 0) is 6.54 Å². The molecule has 29 heavy (non-hydrogen) atoms. The lowest BCUT2D eigenvalue weighted by Gasteiger charge is -2.07. The van der Waals surface area contributed by atoms with Gasteiger partial charge in [0.1, 0.15) is 5.03 Å². The minimum absolute atomic E-state index is 0.229. The van der Waals surface area contributed by atoms with Crippen LogP contribution < -0.4 is 5.32 Å². The van der Waals surface area contributed by atoms with E-state index in [1.807, 2.05) is 54.6 Å². The maximum atomic E-state index is 12.4. The number of hydrogen-bond donors (Lipinski definition) is 1. The molecule has 0 fully saturated rings. The zero-order valence-corrected chi connectivity index (χ0v) is 16.6. The van der Waals surface area contributed by atoms with Crippen LogP contribution in [0.1, 0.15) is 16.2 Å². The lowest BCUT2D eigenvalue weighted by molar-refractivity contribution is 0.0944. The van der Waals surface area contributed by atoms with Crippen LogP contribution in [0.2, 0.25) is 5.02 Å². The minimum atomic E-state index is -0.326. The number of carbonyl (C=O) groups is 1. The van der Waals surface area contributed by atoms with Crippen molar-refractivity contribution in [2.45, 2.75) is 16.5 Å². The first-order valence-electron chi connectivity index (χ1n) is 8.70. The molecule has 144 valence electrons. The number of amides is 1. The van der Waals surface area contributed by atoms with Crippen LogP contribution in [0.5, 0.6) is 0 Å². The third-order valence-electron chi connectivity index (χ3n) is 3.97. The summed E-state index contributed by atoms with van der Waals surface area (Å²) in [6, 6.07) is 20.4. The molecular weight excluding hydrogens is 408 g/mol. The first-order chi connectivity index (χ1) is 14.2. The van der Waals surface area contributed by atoms with E-state index < -0.39 is 0 Å². The summed E-state index contributed by atoms with van der Waals surface area (Å²) in [5.41, 5.74) is 1.85. The van der Waals surface area contributed by atoms with Crippen molar-refractivity contribution in [2.24, 2.45) is 0 Å². The summed E-state index contributed by atoms with van der Waals surface area (Å²) in [5, 5.41) is 20.2. The third-order valence-corrected chi connectivity index (χ3v) is 5.42. The minimum Gasteiger partial charge on any atom is -0.345 e. The fourth-order valence-corrected chi connectivity index (χ4v) is 3.57. The summed E-state index contributed by atoms with van der Waals surface area (Å²) in [4.78, 5) is 13.3. The molecule has 0 bridgehead atoms. The largest absolute Gasteiger partial charge is 0.345 e. The second kappa shape index (κ2) is 8.85. The van der Waals surface area contributed by atoms with Crippen molar-refractivity contribution in [3.05, 3.63) is 89.3 Å². The Morgan fingerprint density at radius 3 is 2.55 bits per heavy atom. The number of halogens is 1. The van der Waals surface area contributed by atoms with Crippen LogP contribution >= 0.6 is 23.4 Å². The topological polar surface area (TPSA) is 85.6 Å². The number of benzene rings is 2. The van der Waals surface area contributed by atoms with Crippen LogP contribution in [-0.4, -0.2) is 31.1 Å². The molecule has 0 aliphatic carbocycles. The summed E-state index contributed by atoms with van der Waals surface area (Å²) >= 11 is 7.55. The van der Waals surface area contributed by atoms with E-state index in [1.54, 1.807) is 23.0 Å². The zero-order valence-electron chi connectivity index (χ0n) is 15.1. The Hall–Kier alpha value is -3.23. The Morgan fingerprint density at radius 2 is 1.79 bits per heavy atom. The molecular formula is C20H15ClN6OS. The molecule has 2 aromatic carbocycles. The van der Waals surface area contributed by atoms with Crippen LogP contribution in [0.4, 0.5) is 0 Å². The number of rotatable bonds is 6. The second-order valence-corrected chi connectivity index (χ2v) is 7.41. The van der Waals surface area contributed by atoms with Crippen molar-refractivity contribution >= 4 is 29.3 Å². The van der Waals surface area contributed by atoms with Crippen molar-refractivity contribution in [1.82, 2.24) is 30.5 Å². The quantitative estimate of drug-likeness (QED) is 0.508. The van der Waals surface area contributed by atoms with E-state index >= 15 is 0 Å². The smallest absolute Gasteiger partial charge is 0.272 e. The summed E-state index contributed by atoms with van der Waals surface area (Å²) in [6.45, 7) is 0.262. The van der Waals surface area contributed by atoms with Crippen molar-refractivity contribution in [3.8, 4) is 5.69 Å². The molecule has 0 saturated carbocycles. The monoisotopic (exact) mass is 422 g/mol. The van der Waals surface area contributed by atoms with E-state index in [9.17, 15) is 4.79 Å². The van der Waals surface area contributed by atoms with Gasteiger partial charge in [0.2, 0.25) is 0 Å². The molecule has 9 heteroatoms. The maximum absolute atomic E-state index is 12.4. The molecule has 0 radical (unpaired) electrons. The molecule has 2 heterocycles. The van der Waals surface area contributed by atoms with Gasteiger partial charge in [-0.1, -0.05) is 58.9 Å². The fraction of sp³-hybridized carbons (Fsp3) is 0.0500. The number of nitrogens with zero attached hydrogens (tertiary/aromatic N) is 5. The van der Waals surface area contributed by atoms with Crippen molar-refractivity contribution in [1.29, 1.82) is 0 Å². The first-order valence-corrected chi connectivity index (χ1v) is 9.89. The lowest BCUT2D eigenvalue weighted by Crippen LogP contribution is -2.25. The van der Waals surface area contributed by atoms with Gasteiger partial charge in [0.25, 0.3) is 5.91 Å². The Bertz CT molecular complexity index is 1120. The summed E-state index contributed by atoms with van der Waals surface area (Å²) in [6.07, 6.45) is 1.61. The highest BCUT2D eigenvalue weighted by Crippen LogP contribution is 2.31. The Labute approximate surface area is 176 Å². The van der Waals surface area contributed by atoms with Gasteiger partial charge in [0.15, 0.2) is 5.69 Å². The highest BCUT2D eigenvalue weighted by atomic mass is 35.5. The van der Waals surface area contributed by atoms with E-state index in [0.717, 1.165) is 16.3 Å². The van der Waals surface area contributed by atoms with Gasteiger partial charge in [-0.2, -0.15) is 0 Å². The Kier molecular flexibility index (Phi) is 5.83. The van der Waals surface area contributed by atoms with E-state index in [1.165, 1.54) is 11.8 Å². The molecule has 1 amide bonds. The van der Waals surface area contributed by atoms with E-state index in [2.05, 4.69) is 25.8 Å². The number of carbonyl (C=O) groups excluding carboxylic acids is 1. The predicted molar refractivity (Wildman–Crippen MR) is 110 cm³/mol. The predicted octanol–water partition coefficient (Wildman–Crippen LogP) is 3.79. The van der Waals surface area contributed by atoms with Gasteiger partial charge in [-0.05, 0) is 36.4 Å². The van der Waals surface area contributed by atoms with Crippen LogP contribution in [0, 0.1) is 0 Å². The number of para-hydroxylation sites is 1. The van der Waals surface area contributed by atoms with Gasteiger partial charge in [0, 0.05) is 4.90 Å². The zero-order chi connectivity index (χ0) is 20.1. The molecule has 0 saturated heterocycles. The van der Waals surface area contributed by atoms with Gasteiger partial charge in [-0.15, -0.1) is 15.3 Å². The number of nitrogens with one attached hydrogen (secondary N) is 1. The average Bonchev–Trinajstić information content (AvgIpc) is 3.23. The molecule has 1 N–H and O–H groups in total. The molecule has 7 nitrogen and oxygen atoms in total. The van der Waals surface area contributed by atoms with Gasteiger partial charge in [-0.3, -0.25) is 4.79 Å². The SMILES string of the molecule is O=C(NCc1cnnn1-c1ccccc1)c1ccc(Sc2ccccc2Cl)nn1. The van der Waals surface area contributed by atoms with Crippen LogP contribution in [0.15, 0.2) is 82.8 Å². The molecule has 4 rings (SSSR count). The highest BCUT2D eigenvalue weighted by molar-refractivity contribution is 7.99. The lowest BCUT2D eigenvalue weighted by atomic mass is 10.3. The Morgan fingerprint density at radius 1 is 1.00 bits per heavy atom. The van der Waals surface area contributed by atoms with E-state index in [4.69, 9.17) is 11.6 Å². The van der Waals surface area contributed by atoms with E-state index in [-0.39, 0.29) is 18.1 Å². The third kappa shape index (κ3) is 4.61. The van der Waals surface area contributed by atoms with Gasteiger partial charge >= 0.3 is 0 Å². The van der Waals surface area contributed by atoms with E-state index in [0.29, 0.717) is 10.0 Å². The first kappa shape index (κ1) is 19.1. The average molecular weight is 423 g/mol. The highest BCUT2D eigenvalue weighted by Gasteiger charge is 2.12. The maximum Gasteiger partial charge on any atom is 0.272 e. The summed E-state index contributed by atoms with van der Waals surface area (Å²) < 4.78 is 1.68. The molecule has 0 atom stereocenters. The van der Waals surface area contributed by atoms with Crippen molar-refractivity contribution in [2.75, 3.05) is 0 Å². The van der Waals surface area contributed by atoms with Gasteiger partial charge in [-0.25, -0.2) is 4.68 Å². The molecule has 0 aliphatic heterocycles. The Balaban J connectivity index is 1.40. The van der Waals surface area contributed by atoms with Crippen LogP contribution in [0.3, 0.4) is 0 Å². The molecule has 4 aromatic rings. The molecule has 0 spiro atoms. The van der Waals surface area contributed by atoms with Crippen molar-refractivity contribution in [3.63, 3.8) is 0 Å². The number of hydrogen-bond acceptors (Lipinski definition) is 6. The molecule has 2 aromatic heterocycles. The normalized spacial score (nSPS) is 10.7. The second-order valence-electron chi connectivity index (χ2n) is 5.94. The summed E-state index contributed by atoms with van der Waals surface area (Å²) in [7, 11) is 0. The summed E-state index contributed by atoms with van der Waals surface area (Å²) in [5.74, 6) is -0.326.